The van der Waals surface area contributed by atoms with Crippen LogP contribution in [0.15, 0.2) is 35.5 Å². The second-order valence-corrected chi connectivity index (χ2v) is 6.37. The second kappa shape index (κ2) is 6.92. The minimum absolute atomic E-state index is 0.0401. The van der Waals surface area contributed by atoms with Gasteiger partial charge in [-0.15, -0.1) is 0 Å². The SMILES string of the molecule is CC1=C(C(=O)NC2CCCC2)C(c2ccc([N+](=O)[O-])cc2)NC(=O)N1. The second-order valence-electron chi connectivity index (χ2n) is 6.37. The molecule has 1 heterocycles. The summed E-state index contributed by atoms with van der Waals surface area (Å²) in [5.41, 5.74) is 1.50. The van der Waals surface area contributed by atoms with Crippen molar-refractivity contribution in [1.82, 2.24) is 16.0 Å². The predicted octanol–water partition coefficient (Wildman–Crippen LogP) is 2.28. The van der Waals surface area contributed by atoms with Crippen LogP contribution in [-0.4, -0.2) is 22.9 Å². The number of hydrogen-bond donors (Lipinski definition) is 3. The summed E-state index contributed by atoms with van der Waals surface area (Å²) in [5.74, 6) is -0.222. The molecule has 3 amide bonds. The van der Waals surface area contributed by atoms with Crippen molar-refractivity contribution in [1.29, 1.82) is 0 Å². The van der Waals surface area contributed by atoms with Gasteiger partial charge < -0.3 is 16.0 Å². The zero-order valence-electron chi connectivity index (χ0n) is 13.9. The van der Waals surface area contributed by atoms with Crippen LogP contribution in [0.5, 0.6) is 0 Å². The fourth-order valence-corrected chi connectivity index (χ4v) is 3.37. The van der Waals surface area contributed by atoms with Crippen molar-refractivity contribution in [2.75, 3.05) is 0 Å². The summed E-state index contributed by atoms with van der Waals surface area (Å²) in [6.45, 7) is 1.68. The van der Waals surface area contributed by atoms with Crippen molar-refractivity contribution in [3.8, 4) is 0 Å². The van der Waals surface area contributed by atoms with E-state index in [1.54, 1.807) is 19.1 Å². The summed E-state index contributed by atoms with van der Waals surface area (Å²) in [5, 5.41) is 19.2. The Hall–Kier alpha value is -2.90. The van der Waals surface area contributed by atoms with E-state index in [-0.39, 0.29) is 17.6 Å². The number of nitrogens with zero attached hydrogens (tertiary/aromatic N) is 1. The van der Waals surface area contributed by atoms with Gasteiger partial charge in [-0.1, -0.05) is 12.8 Å². The quantitative estimate of drug-likeness (QED) is 0.574. The van der Waals surface area contributed by atoms with Gasteiger partial charge in [-0.2, -0.15) is 0 Å². The van der Waals surface area contributed by atoms with E-state index < -0.39 is 17.0 Å². The summed E-state index contributed by atoms with van der Waals surface area (Å²) >= 11 is 0. The molecule has 1 unspecified atom stereocenters. The number of nitro groups is 1. The molecule has 3 rings (SSSR count). The van der Waals surface area contributed by atoms with Gasteiger partial charge in [0.05, 0.1) is 16.5 Å². The summed E-state index contributed by atoms with van der Waals surface area (Å²) in [6.07, 6.45) is 4.12. The van der Waals surface area contributed by atoms with E-state index in [1.165, 1.54) is 12.1 Å². The van der Waals surface area contributed by atoms with Gasteiger partial charge >= 0.3 is 6.03 Å². The van der Waals surface area contributed by atoms with Crippen LogP contribution in [-0.2, 0) is 4.79 Å². The molecule has 1 aliphatic heterocycles. The number of amides is 3. The van der Waals surface area contributed by atoms with E-state index in [2.05, 4.69) is 16.0 Å². The molecule has 132 valence electrons. The third-order valence-corrected chi connectivity index (χ3v) is 4.64. The van der Waals surface area contributed by atoms with Crippen LogP contribution in [0, 0.1) is 10.1 Å². The van der Waals surface area contributed by atoms with Crippen molar-refractivity contribution in [3.63, 3.8) is 0 Å². The molecular weight excluding hydrogens is 324 g/mol. The molecule has 1 fully saturated rings. The highest BCUT2D eigenvalue weighted by atomic mass is 16.6. The zero-order chi connectivity index (χ0) is 18.0. The molecule has 0 saturated heterocycles. The van der Waals surface area contributed by atoms with E-state index in [1.807, 2.05) is 0 Å². The molecule has 0 radical (unpaired) electrons. The van der Waals surface area contributed by atoms with Crippen LogP contribution in [0.4, 0.5) is 10.5 Å². The van der Waals surface area contributed by atoms with Crippen LogP contribution < -0.4 is 16.0 Å². The van der Waals surface area contributed by atoms with Gasteiger partial charge in [-0.25, -0.2) is 4.79 Å². The molecule has 1 atom stereocenters. The van der Waals surface area contributed by atoms with Gasteiger partial charge in [0.25, 0.3) is 11.6 Å². The first-order chi connectivity index (χ1) is 12.0. The third-order valence-electron chi connectivity index (χ3n) is 4.64. The molecule has 8 nitrogen and oxygen atoms in total. The van der Waals surface area contributed by atoms with Crippen LogP contribution in [0.25, 0.3) is 0 Å². The Kier molecular flexibility index (Phi) is 4.69. The van der Waals surface area contributed by atoms with Gasteiger partial charge in [0.1, 0.15) is 0 Å². The molecule has 1 aromatic carbocycles. The number of allylic oxidation sites excluding steroid dienone is 1. The van der Waals surface area contributed by atoms with Gasteiger partial charge in [-0.3, -0.25) is 14.9 Å². The Morgan fingerprint density at radius 2 is 1.88 bits per heavy atom. The Balaban J connectivity index is 1.88. The van der Waals surface area contributed by atoms with Crippen molar-refractivity contribution in [2.24, 2.45) is 0 Å². The smallest absolute Gasteiger partial charge is 0.319 e. The zero-order valence-corrected chi connectivity index (χ0v) is 13.9. The lowest BCUT2D eigenvalue weighted by molar-refractivity contribution is -0.384. The maximum absolute atomic E-state index is 12.8. The molecule has 25 heavy (non-hydrogen) atoms. The minimum atomic E-state index is -0.643. The average Bonchev–Trinajstić information content (AvgIpc) is 3.07. The average molecular weight is 344 g/mol. The number of benzene rings is 1. The molecule has 0 aromatic heterocycles. The van der Waals surface area contributed by atoms with E-state index in [0.29, 0.717) is 16.8 Å². The van der Waals surface area contributed by atoms with Crippen molar-refractivity contribution in [3.05, 3.63) is 51.2 Å². The summed E-state index contributed by atoms with van der Waals surface area (Å²) in [4.78, 5) is 34.9. The molecule has 3 N–H and O–H groups in total. The molecule has 1 aliphatic carbocycles. The van der Waals surface area contributed by atoms with Gasteiger partial charge in [0.2, 0.25) is 0 Å². The number of carbonyl (C=O) groups excluding carboxylic acids is 2. The fourth-order valence-electron chi connectivity index (χ4n) is 3.37. The number of rotatable bonds is 4. The first kappa shape index (κ1) is 16.9. The maximum Gasteiger partial charge on any atom is 0.319 e. The van der Waals surface area contributed by atoms with Gasteiger partial charge in [0.15, 0.2) is 0 Å². The first-order valence-electron chi connectivity index (χ1n) is 8.29. The highest BCUT2D eigenvalue weighted by Gasteiger charge is 2.32. The lowest BCUT2D eigenvalue weighted by atomic mass is 9.94. The molecule has 0 bridgehead atoms. The van der Waals surface area contributed by atoms with E-state index >= 15 is 0 Å². The largest absolute Gasteiger partial charge is 0.349 e. The first-order valence-corrected chi connectivity index (χ1v) is 8.29. The lowest BCUT2D eigenvalue weighted by Crippen LogP contribution is -2.48. The number of urea groups is 1. The molecule has 1 aromatic rings. The normalized spacial score (nSPS) is 20.8. The van der Waals surface area contributed by atoms with Gasteiger partial charge in [-0.05, 0) is 37.5 Å². The fraction of sp³-hybridized carbons (Fsp3) is 0.412. The van der Waals surface area contributed by atoms with Crippen LogP contribution in [0.2, 0.25) is 0 Å². The summed E-state index contributed by atoms with van der Waals surface area (Å²) in [6, 6.07) is 4.96. The topological polar surface area (TPSA) is 113 Å². The number of carbonyl (C=O) groups is 2. The Morgan fingerprint density at radius 3 is 2.48 bits per heavy atom. The van der Waals surface area contributed by atoms with E-state index in [4.69, 9.17) is 0 Å². The number of hydrogen-bond acceptors (Lipinski definition) is 4. The summed E-state index contributed by atoms with van der Waals surface area (Å²) in [7, 11) is 0. The van der Waals surface area contributed by atoms with E-state index in [9.17, 15) is 19.7 Å². The van der Waals surface area contributed by atoms with Crippen molar-refractivity contribution in [2.45, 2.75) is 44.7 Å². The van der Waals surface area contributed by atoms with Crippen molar-refractivity contribution >= 4 is 17.6 Å². The van der Waals surface area contributed by atoms with Crippen LogP contribution in [0.1, 0.15) is 44.2 Å². The molecule has 2 aliphatic rings. The minimum Gasteiger partial charge on any atom is -0.349 e. The Morgan fingerprint density at radius 1 is 1.24 bits per heavy atom. The van der Waals surface area contributed by atoms with Gasteiger partial charge in [0, 0.05) is 23.9 Å². The molecule has 1 saturated carbocycles. The van der Waals surface area contributed by atoms with Crippen molar-refractivity contribution < 1.29 is 14.5 Å². The number of non-ortho nitro benzene ring substituents is 1. The van der Waals surface area contributed by atoms with Crippen LogP contribution >= 0.6 is 0 Å². The highest BCUT2D eigenvalue weighted by molar-refractivity contribution is 5.98. The van der Waals surface area contributed by atoms with Crippen LogP contribution in [0.3, 0.4) is 0 Å². The maximum atomic E-state index is 12.8. The summed E-state index contributed by atoms with van der Waals surface area (Å²) < 4.78 is 0. The number of nitro benzene ring substituents is 1. The standard InChI is InChI=1S/C17H20N4O4/c1-10-14(16(22)19-12-4-2-3-5-12)15(20-17(23)18-10)11-6-8-13(9-7-11)21(24)25/h6-9,12,15H,2-5H2,1H3,(H,19,22)(H2,18,20,23). The Labute approximate surface area is 144 Å². The molecule has 8 heteroatoms. The highest BCUT2D eigenvalue weighted by Crippen LogP contribution is 2.29. The third kappa shape index (κ3) is 3.62. The number of nitrogens with one attached hydrogen (secondary N) is 3. The Bertz CT molecular complexity index is 736. The monoisotopic (exact) mass is 344 g/mol. The lowest BCUT2D eigenvalue weighted by Gasteiger charge is -2.29. The predicted molar refractivity (Wildman–Crippen MR) is 90.6 cm³/mol. The molecular formula is C17H20N4O4. The van der Waals surface area contributed by atoms with E-state index in [0.717, 1.165) is 25.7 Å². The molecule has 0 spiro atoms.